The Morgan fingerprint density at radius 2 is 1.95 bits per heavy atom. The quantitative estimate of drug-likeness (QED) is 0.788. The van der Waals surface area contributed by atoms with Crippen molar-refractivity contribution in [2.45, 2.75) is 6.54 Å². The lowest BCUT2D eigenvalue weighted by Gasteiger charge is -2.09. The molecule has 0 radical (unpaired) electrons. The molecular formula is C18H16N2O2. The van der Waals surface area contributed by atoms with Crippen LogP contribution in [0, 0.1) is 0 Å². The molecule has 1 amide bonds. The lowest BCUT2D eigenvalue weighted by atomic mass is 10.1. The van der Waals surface area contributed by atoms with Crippen LogP contribution in [0.1, 0.15) is 10.4 Å². The molecule has 1 N–H and O–H groups in total. The Kier molecular flexibility index (Phi) is 2.89. The largest absolute Gasteiger partial charge is 0.497 e. The molecule has 0 fully saturated rings. The topological polar surface area (TPSA) is 43.3 Å². The van der Waals surface area contributed by atoms with E-state index in [1.165, 1.54) is 0 Å². The van der Waals surface area contributed by atoms with Crippen molar-refractivity contribution >= 4 is 16.8 Å². The molecule has 22 heavy (non-hydrogen) atoms. The van der Waals surface area contributed by atoms with Gasteiger partial charge in [0.2, 0.25) is 0 Å². The molecule has 4 rings (SSSR count). The van der Waals surface area contributed by atoms with Gasteiger partial charge in [0.25, 0.3) is 5.91 Å². The van der Waals surface area contributed by atoms with Gasteiger partial charge in [-0.15, -0.1) is 0 Å². The normalized spacial score (nSPS) is 13.8. The van der Waals surface area contributed by atoms with Gasteiger partial charge >= 0.3 is 0 Å². The second kappa shape index (κ2) is 4.91. The third-order valence-electron chi connectivity index (χ3n) is 4.17. The summed E-state index contributed by atoms with van der Waals surface area (Å²) in [4.78, 5) is 12.2. The second-order valence-corrected chi connectivity index (χ2v) is 5.41. The number of carbonyl (C=O) groups is 1. The van der Waals surface area contributed by atoms with Crippen molar-refractivity contribution in [2.75, 3.05) is 13.7 Å². The van der Waals surface area contributed by atoms with E-state index in [2.05, 4.69) is 34.1 Å². The van der Waals surface area contributed by atoms with Crippen LogP contribution < -0.4 is 10.1 Å². The van der Waals surface area contributed by atoms with Crippen LogP contribution in [0.3, 0.4) is 0 Å². The van der Waals surface area contributed by atoms with E-state index in [4.69, 9.17) is 4.74 Å². The minimum Gasteiger partial charge on any atom is -0.497 e. The minimum atomic E-state index is 0.00345. The van der Waals surface area contributed by atoms with Gasteiger partial charge in [0.15, 0.2) is 0 Å². The van der Waals surface area contributed by atoms with Gasteiger partial charge in [-0.05, 0) is 42.0 Å². The number of rotatable bonds is 2. The Labute approximate surface area is 128 Å². The van der Waals surface area contributed by atoms with Crippen molar-refractivity contribution < 1.29 is 9.53 Å². The number of hydrogen-bond acceptors (Lipinski definition) is 2. The molecule has 2 heterocycles. The predicted octanol–water partition coefficient (Wildman–Crippen LogP) is 3.06. The lowest BCUT2D eigenvalue weighted by Crippen LogP contribution is -2.24. The van der Waals surface area contributed by atoms with Gasteiger partial charge in [0.1, 0.15) is 5.75 Å². The summed E-state index contributed by atoms with van der Waals surface area (Å²) in [6, 6.07) is 16.1. The SMILES string of the molecule is [11CH3]Oc1ccc(-c2cc3cccc4c3n2CCNC4=O)cc1. The number of methoxy groups -OCH3 is 1. The highest BCUT2D eigenvalue weighted by atomic mass is 16.4. The molecule has 0 unspecified atom stereocenters. The van der Waals surface area contributed by atoms with Crippen LogP contribution in [0.25, 0.3) is 22.2 Å². The first-order valence-corrected chi connectivity index (χ1v) is 7.33. The summed E-state index contributed by atoms with van der Waals surface area (Å²) in [6.45, 7) is 1.41. The molecule has 0 spiro atoms. The Bertz CT molecular complexity index is 863. The average Bonchev–Trinajstić information content (AvgIpc) is 2.84. The third-order valence-corrected chi connectivity index (χ3v) is 4.17. The third kappa shape index (κ3) is 1.88. The van der Waals surface area contributed by atoms with E-state index in [0.717, 1.165) is 40.0 Å². The average molecular weight is 291 g/mol. The van der Waals surface area contributed by atoms with Gasteiger partial charge in [-0.25, -0.2) is 0 Å². The summed E-state index contributed by atoms with van der Waals surface area (Å²) in [6.07, 6.45) is 0. The van der Waals surface area contributed by atoms with Crippen LogP contribution in [0.5, 0.6) is 5.75 Å². The van der Waals surface area contributed by atoms with Crippen molar-refractivity contribution in [3.05, 3.63) is 54.1 Å². The summed E-state index contributed by atoms with van der Waals surface area (Å²) in [5, 5.41) is 4.05. The molecule has 4 heteroatoms. The highest BCUT2D eigenvalue weighted by molar-refractivity contribution is 6.07. The molecular weight excluding hydrogens is 275 g/mol. The molecule has 4 nitrogen and oxygen atoms in total. The number of amides is 1. The van der Waals surface area contributed by atoms with E-state index in [-0.39, 0.29) is 5.91 Å². The van der Waals surface area contributed by atoms with E-state index >= 15 is 0 Å². The number of nitrogens with one attached hydrogen (secondary N) is 1. The minimum absolute atomic E-state index is 0.00345. The van der Waals surface area contributed by atoms with Crippen LogP contribution in [0.15, 0.2) is 48.5 Å². The molecule has 0 aliphatic carbocycles. The Hall–Kier alpha value is -2.75. The van der Waals surface area contributed by atoms with Crippen molar-refractivity contribution in [3.63, 3.8) is 0 Å². The maximum Gasteiger partial charge on any atom is 0.253 e. The van der Waals surface area contributed by atoms with Crippen molar-refractivity contribution in [3.8, 4) is 17.0 Å². The molecule has 110 valence electrons. The highest BCUT2D eigenvalue weighted by Gasteiger charge is 2.20. The summed E-state index contributed by atoms with van der Waals surface area (Å²) in [5.74, 6) is 0.844. The number of nitrogens with zero attached hydrogens (tertiary/aromatic N) is 1. The molecule has 1 aliphatic rings. The Morgan fingerprint density at radius 3 is 2.73 bits per heavy atom. The first-order valence-electron chi connectivity index (χ1n) is 7.33. The molecule has 1 aliphatic heterocycles. The molecule has 3 aromatic rings. The van der Waals surface area contributed by atoms with Gasteiger partial charge < -0.3 is 14.6 Å². The number of para-hydroxylation sites is 1. The van der Waals surface area contributed by atoms with Crippen LogP contribution in [0.4, 0.5) is 0 Å². The fraction of sp³-hybridized carbons (Fsp3) is 0.167. The number of carbonyl (C=O) groups excluding carboxylic acids is 1. The summed E-state index contributed by atoms with van der Waals surface area (Å²) >= 11 is 0. The lowest BCUT2D eigenvalue weighted by molar-refractivity contribution is 0.0956. The van der Waals surface area contributed by atoms with Crippen molar-refractivity contribution in [2.24, 2.45) is 0 Å². The van der Waals surface area contributed by atoms with Crippen molar-refractivity contribution in [1.82, 2.24) is 9.88 Å². The molecule has 0 saturated heterocycles. The standard InChI is InChI=1S/C18H16N2O2/c1-22-14-7-5-12(6-8-14)16-11-13-3-2-4-15-17(13)20(16)10-9-19-18(15)21/h2-8,11H,9-10H2,1H3,(H,19,21)/i1-1. The molecule has 0 bridgehead atoms. The van der Waals surface area contributed by atoms with Crippen LogP contribution in [0.2, 0.25) is 0 Å². The van der Waals surface area contributed by atoms with E-state index in [0.29, 0.717) is 6.54 Å². The fourth-order valence-corrected chi connectivity index (χ4v) is 3.12. The van der Waals surface area contributed by atoms with E-state index < -0.39 is 0 Å². The van der Waals surface area contributed by atoms with Gasteiger partial charge in [-0.3, -0.25) is 4.79 Å². The maximum atomic E-state index is 12.2. The van der Waals surface area contributed by atoms with Gasteiger partial charge in [-0.1, -0.05) is 12.1 Å². The first kappa shape index (κ1) is 13.0. The number of benzene rings is 2. The van der Waals surface area contributed by atoms with Gasteiger partial charge in [0.05, 0.1) is 18.2 Å². The number of hydrogen-bond donors (Lipinski definition) is 1. The number of aromatic nitrogens is 1. The van der Waals surface area contributed by atoms with Crippen LogP contribution in [-0.4, -0.2) is 24.1 Å². The molecule has 2 aromatic carbocycles. The molecule has 0 saturated carbocycles. The zero-order valence-corrected chi connectivity index (χ0v) is 12.3. The summed E-state index contributed by atoms with van der Waals surface area (Å²) in [7, 11) is 1.66. The van der Waals surface area contributed by atoms with E-state index in [1.807, 2.05) is 24.3 Å². The molecule has 1 aromatic heterocycles. The monoisotopic (exact) mass is 291 g/mol. The predicted molar refractivity (Wildman–Crippen MR) is 86.3 cm³/mol. The number of ether oxygens (including phenoxy) is 1. The van der Waals surface area contributed by atoms with E-state index in [9.17, 15) is 4.79 Å². The first-order chi connectivity index (χ1) is 10.8. The maximum absolute atomic E-state index is 12.2. The van der Waals surface area contributed by atoms with E-state index in [1.54, 1.807) is 7.11 Å². The summed E-state index contributed by atoms with van der Waals surface area (Å²) < 4.78 is 7.45. The highest BCUT2D eigenvalue weighted by Crippen LogP contribution is 2.32. The zero-order chi connectivity index (χ0) is 15.1. The summed E-state index contributed by atoms with van der Waals surface area (Å²) in [5.41, 5.74) is 4.01. The van der Waals surface area contributed by atoms with Crippen LogP contribution >= 0.6 is 0 Å². The van der Waals surface area contributed by atoms with Crippen molar-refractivity contribution in [1.29, 1.82) is 0 Å². The smallest absolute Gasteiger partial charge is 0.253 e. The second-order valence-electron chi connectivity index (χ2n) is 5.41. The van der Waals surface area contributed by atoms with Crippen LogP contribution in [-0.2, 0) is 6.54 Å². The molecule has 0 atom stereocenters. The fourth-order valence-electron chi connectivity index (χ4n) is 3.12. The van der Waals surface area contributed by atoms with Gasteiger partial charge in [-0.2, -0.15) is 0 Å². The zero-order valence-electron chi connectivity index (χ0n) is 12.3. The Balaban J connectivity index is 1.96. The Morgan fingerprint density at radius 1 is 1.14 bits per heavy atom. The van der Waals surface area contributed by atoms with Gasteiger partial charge in [0, 0.05) is 24.2 Å².